The molecular formula is C17H24N4O2. The summed E-state index contributed by atoms with van der Waals surface area (Å²) in [4.78, 5) is 26.5. The maximum Gasteiger partial charge on any atom is 0.253 e. The molecule has 0 spiro atoms. The van der Waals surface area contributed by atoms with Gasteiger partial charge in [0.15, 0.2) is 0 Å². The molecule has 23 heavy (non-hydrogen) atoms. The zero-order valence-electron chi connectivity index (χ0n) is 13.3. The van der Waals surface area contributed by atoms with Crippen LogP contribution < -0.4 is 16.4 Å². The third kappa shape index (κ3) is 3.64. The second-order valence-electron chi connectivity index (χ2n) is 6.39. The lowest BCUT2D eigenvalue weighted by Gasteiger charge is -2.20. The van der Waals surface area contributed by atoms with Crippen molar-refractivity contribution in [3.8, 4) is 0 Å². The Balaban J connectivity index is 1.47. The van der Waals surface area contributed by atoms with E-state index >= 15 is 0 Å². The van der Waals surface area contributed by atoms with Gasteiger partial charge in [-0.2, -0.15) is 0 Å². The number of anilines is 1. The molecule has 2 aliphatic rings. The summed E-state index contributed by atoms with van der Waals surface area (Å²) < 4.78 is 0. The minimum atomic E-state index is -0.155. The SMILES string of the molecule is Nc1ccccc1C(=O)NC[C@@H]1CN[C@H](C(=O)N2CCCC2)C1. The molecule has 2 atom stereocenters. The van der Waals surface area contributed by atoms with Crippen LogP contribution in [0.25, 0.3) is 0 Å². The number of likely N-dealkylation sites (tertiary alicyclic amines) is 1. The van der Waals surface area contributed by atoms with E-state index in [1.54, 1.807) is 18.2 Å². The molecule has 0 saturated carbocycles. The zero-order valence-corrected chi connectivity index (χ0v) is 13.3. The quantitative estimate of drug-likeness (QED) is 0.710. The van der Waals surface area contributed by atoms with Gasteiger partial charge in [0.1, 0.15) is 0 Å². The van der Waals surface area contributed by atoms with E-state index in [0.29, 0.717) is 17.8 Å². The van der Waals surface area contributed by atoms with Crippen molar-refractivity contribution in [3.05, 3.63) is 29.8 Å². The fourth-order valence-corrected chi connectivity index (χ4v) is 3.35. The molecule has 6 nitrogen and oxygen atoms in total. The largest absolute Gasteiger partial charge is 0.398 e. The van der Waals surface area contributed by atoms with E-state index in [9.17, 15) is 9.59 Å². The molecule has 0 radical (unpaired) electrons. The van der Waals surface area contributed by atoms with Gasteiger partial charge in [0, 0.05) is 31.9 Å². The molecule has 2 saturated heterocycles. The Hall–Kier alpha value is -2.08. The Morgan fingerprint density at radius 2 is 2.00 bits per heavy atom. The zero-order chi connectivity index (χ0) is 16.2. The highest BCUT2D eigenvalue weighted by Crippen LogP contribution is 2.18. The number of nitrogen functional groups attached to an aromatic ring is 1. The molecule has 1 aromatic carbocycles. The number of nitrogens with one attached hydrogen (secondary N) is 2. The van der Waals surface area contributed by atoms with Gasteiger partial charge >= 0.3 is 0 Å². The number of benzene rings is 1. The van der Waals surface area contributed by atoms with Gasteiger partial charge in [-0.15, -0.1) is 0 Å². The smallest absolute Gasteiger partial charge is 0.253 e. The molecule has 124 valence electrons. The summed E-state index contributed by atoms with van der Waals surface area (Å²) in [6.07, 6.45) is 2.99. The number of carbonyl (C=O) groups excluding carboxylic acids is 2. The summed E-state index contributed by atoms with van der Waals surface area (Å²) >= 11 is 0. The van der Waals surface area contributed by atoms with Gasteiger partial charge in [-0.25, -0.2) is 0 Å². The van der Waals surface area contributed by atoms with Gasteiger partial charge in [-0.1, -0.05) is 12.1 Å². The summed E-state index contributed by atoms with van der Waals surface area (Å²) in [7, 11) is 0. The third-order valence-corrected chi connectivity index (χ3v) is 4.69. The first-order chi connectivity index (χ1) is 11.1. The maximum absolute atomic E-state index is 12.4. The summed E-state index contributed by atoms with van der Waals surface area (Å²) in [5.41, 5.74) is 6.80. The summed E-state index contributed by atoms with van der Waals surface area (Å²) in [5.74, 6) is 0.335. The van der Waals surface area contributed by atoms with Crippen LogP contribution in [0.4, 0.5) is 5.69 Å². The van der Waals surface area contributed by atoms with Crippen LogP contribution in [0.3, 0.4) is 0 Å². The molecule has 2 heterocycles. The van der Waals surface area contributed by atoms with Crippen molar-refractivity contribution in [2.24, 2.45) is 5.92 Å². The van der Waals surface area contributed by atoms with Crippen LogP contribution in [-0.2, 0) is 4.79 Å². The lowest BCUT2D eigenvalue weighted by molar-refractivity contribution is -0.132. The fourth-order valence-electron chi connectivity index (χ4n) is 3.35. The standard InChI is InChI=1S/C17H24N4O2/c18-14-6-2-1-5-13(14)16(22)20-11-12-9-15(19-10-12)17(23)21-7-3-4-8-21/h1-2,5-6,12,15,19H,3-4,7-11,18H2,(H,20,22)/t12-,15-/m0/s1. The molecule has 2 amide bonds. The van der Waals surface area contributed by atoms with Crippen LogP contribution in [0.1, 0.15) is 29.6 Å². The molecule has 2 fully saturated rings. The number of rotatable bonds is 4. The molecule has 0 aliphatic carbocycles. The highest BCUT2D eigenvalue weighted by molar-refractivity contribution is 5.99. The maximum atomic E-state index is 12.4. The predicted octanol–water partition coefficient (Wildman–Crippen LogP) is 0.599. The van der Waals surface area contributed by atoms with Gasteiger partial charge in [0.2, 0.25) is 5.91 Å². The van der Waals surface area contributed by atoms with E-state index in [1.165, 1.54) is 0 Å². The topological polar surface area (TPSA) is 87.5 Å². The Morgan fingerprint density at radius 3 is 2.74 bits per heavy atom. The molecule has 6 heteroatoms. The van der Waals surface area contributed by atoms with Crippen molar-refractivity contribution in [2.75, 3.05) is 31.9 Å². The van der Waals surface area contributed by atoms with Crippen molar-refractivity contribution in [2.45, 2.75) is 25.3 Å². The van der Waals surface area contributed by atoms with Gasteiger partial charge in [0.05, 0.1) is 11.6 Å². The summed E-state index contributed by atoms with van der Waals surface area (Å²) in [5, 5.41) is 6.22. The number of amides is 2. The van der Waals surface area contributed by atoms with Gasteiger partial charge in [-0.05, 0) is 37.3 Å². The van der Waals surface area contributed by atoms with Crippen LogP contribution in [-0.4, -0.2) is 48.9 Å². The van der Waals surface area contributed by atoms with Crippen LogP contribution >= 0.6 is 0 Å². The van der Waals surface area contributed by atoms with Crippen molar-refractivity contribution in [1.82, 2.24) is 15.5 Å². The second kappa shape index (κ2) is 7.00. The first-order valence-electron chi connectivity index (χ1n) is 8.30. The van der Waals surface area contributed by atoms with Crippen molar-refractivity contribution in [3.63, 3.8) is 0 Å². The first kappa shape index (κ1) is 15.8. The van der Waals surface area contributed by atoms with Gasteiger partial charge in [-0.3, -0.25) is 9.59 Å². The third-order valence-electron chi connectivity index (χ3n) is 4.69. The Labute approximate surface area is 136 Å². The van der Waals surface area contributed by atoms with Crippen LogP contribution in [0.5, 0.6) is 0 Å². The van der Waals surface area contributed by atoms with Crippen LogP contribution in [0, 0.1) is 5.92 Å². The first-order valence-corrected chi connectivity index (χ1v) is 8.30. The summed E-state index contributed by atoms with van der Waals surface area (Å²) in [6.45, 7) is 3.08. The van der Waals surface area contributed by atoms with E-state index in [-0.39, 0.29) is 23.8 Å². The fraction of sp³-hybridized carbons (Fsp3) is 0.529. The Morgan fingerprint density at radius 1 is 1.26 bits per heavy atom. The molecule has 4 N–H and O–H groups in total. The van der Waals surface area contributed by atoms with Crippen molar-refractivity contribution < 1.29 is 9.59 Å². The average Bonchev–Trinajstić information content (AvgIpc) is 3.24. The highest BCUT2D eigenvalue weighted by atomic mass is 16.2. The van der Waals surface area contributed by atoms with E-state index in [4.69, 9.17) is 5.73 Å². The minimum absolute atomic E-state index is 0.100. The van der Waals surface area contributed by atoms with Crippen molar-refractivity contribution in [1.29, 1.82) is 0 Å². The molecule has 1 aromatic rings. The molecular weight excluding hydrogens is 292 g/mol. The summed E-state index contributed by atoms with van der Waals surface area (Å²) in [6, 6.07) is 6.94. The van der Waals surface area contributed by atoms with Crippen molar-refractivity contribution >= 4 is 17.5 Å². The average molecular weight is 316 g/mol. The van der Waals surface area contributed by atoms with Crippen LogP contribution in [0.2, 0.25) is 0 Å². The number of nitrogens with two attached hydrogens (primary N) is 1. The molecule has 0 aromatic heterocycles. The Kier molecular flexibility index (Phi) is 4.81. The van der Waals surface area contributed by atoms with E-state index < -0.39 is 0 Å². The van der Waals surface area contributed by atoms with E-state index in [0.717, 1.165) is 38.9 Å². The number of hydrogen-bond donors (Lipinski definition) is 3. The number of hydrogen-bond acceptors (Lipinski definition) is 4. The lowest BCUT2D eigenvalue weighted by Crippen LogP contribution is -2.42. The Bertz CT molecular complexity index is 584. The molecule has 2 aliphatic heterocycles. The highest BCUT2D eigenvalue weighted by Gasteiger charge is 2.33. The molecule has 0 bridgehead atoms. The number of para-hydroxylation sites is 1. The normalized spacial score (nSPS) is 23.9. The van der Waals surface area contributed by atoms with E-state index in [2.05, 4.69) is 10.6 Å². The number of nitrogens with zero attached hydrogens (tertiary/aromatic N) is 1. The molecule has 3 rings (SSSR count). The monoisotopic (exact) mass is 316 g/mol. The second-order valence-corrected chi connectivity index (χ2v) is 6.39. The van der Waals surface area contributed by atoms with Gasteiger partial charge in [0.25, 0.3) is 5.91 Å². The molecule has 0 unspecified atom stereocenters. The minimum Gasteiger partial charge on any atom is -0.398 e. The predicted molar refractivity (Wildman–Crippen MR) is 88.9 cm³/mol. The van der Waals surface area contributed by atoms with E-state index in [1.807, 2.05) is 11.0 Å². The van der Waals surface area contributed by atoms with Gasteiger partial charge < -0.3 is 21.3 Å². The van der Waals surface area contributed by atoms with Crippen LogP contribution in [0.15, 0.2) is 24.3 Å². The lowest BCUT2D eigenvalue weighted by atomic mass is 10.0. The number of carbonyl (C=O) groups is 2.